The maximum absolute atomic E-state index is 13.0. The van der Waals surface area contributed by atoms with Crippen molar-refractivity contribution in [2.45, 2.75) is 39.7 Å². The van der Waals surface area contributed by atoms with Gasteiger partial charge in [-0.1, -0.05) is 19.1 Å². The SMILES string of the molecule is CCC(Cc1c(C)cc2[nH]c3ccccc3n2c1=O)OC(C)=O. The molecular weight excluding hydrogens is 292 g/mol. The van der Waals surface area contributed by atoms with Gasteiger partial charge in [-0.05, 0) is 37.1 Å². The van der Waals surface area contributed by atoms with Gasteiger partial charge in [0.05, 0.1) is 11.0 Å². The van der Waals surface area contributed by atoms with E-state index in [0.717, 1.165) is 22.2 Å². The Morgan fingerprint density at radius 2 is 2.09 bits per heavy atom. The van der Waals surface area contributed by atoms with E-state index in [1.165, 1.54) is 6.92 Å². The Hall–Kier alpha value is -2.56. The van der Waals surface area contributed by atoms with Gasteiger partial charge in [-0.3, -0.25) is 14.0 Å². The lowest BCUT2D eigenvalue weighted by Gasteiger charge is -2.16. The molecule has 1 N–H and O–H groups in total. The van der Waals surface area contributed by atoms with Gasteiger partial charge in [0.25, 0.3) is 5.56 Å². The number of rotatable bonds is 4. The average molecular weight is 312 g/mol. The number of aryl methyl sites for hydroxylation is 1. The fourth-order valence-electron chi connectivity index (χ4n) is 2.99. The lowest BCUT2D eigenvalue weighted by Crippen LogP contribution is -2.26. The molecule has 120 valence electrons. The number of aromatic amines is 1. The van der Waals surface area contributed by atoms with E-state index >= 15 is 0 Å². The van der Waals surface area contributed by atoms with Crippen LogP contribution in [0.2, 0.25) is 0 Å². The molecule has 0 spiro atoms. The lowest BCUT2D eigenvalue weighted by atomic mass is 10.0. The number of carbonyl (C=O) groups is 1. The number of nitrogens with one attached hydrogen (secondary N) is 1. The molecule has 2 aromatic heterocycles. The van der Waals surface area contributed by atoms with Crippen LogP contribution in [0, 0.1) is 6.92 Å². The van der Waals surface area contributed by atoms with Crippen LogP contribution in [0.1, 0.15) is 31.4 Å². The van der Waals surface area contributed by atoms with Crippen LogP contribution < -0.4 is 5.56 Å². The highest BCUT2D eigenvalue weighted by molar-refractivity contribution is 5.80. The van der Waals surface area contributed by atoms with Crippen LogP contribution in [0.3, 0.4) is 0 Å². The second-order valence-corrected chi connectivity index (χ2v) is 5.82. The highest BCUT2D eigenvalue weighted by Crippen LogP contribution is 2.18. The third-order valence-corrected chi connectivity index (χ3v) is 4.16. The van der Waals surface area contributed by atoms with Crippen molar-refractivity contribution in [2.24, 2.45) is 0 Å². The maximum atomic E-state index is 13.0. The molecule has 0 bridgehead atoms. The molecule has 0 saturated heterocycles. The molecule has 23 heavy (non-hydrogen) atoms. The van der Waals surface area contributed by atoms with Crippen LogP contribution in [0.25, 0.3) is 16.7 Å². The van der Waals surface area contributed by atoms with Crippen molar-refractivity contribution in [1.29, 1.82) is 0 Å². The Morgan fingerprint density at radius 1 is 1.35 bits per heavy atom. The van der Waals surface area contributed by atoms with E-state index < -0.39 is 0 Å². The van der Waals surface area contributed by atoms with E-state index in [0.29, 0.717) is 18.4 Å². The van der Waals surface area contributed by atoms with Gasteiger partial charge in [0, 0.05) is 18.9 Å². The van der Waals surface area contributed by atoms with Crippen molar-refractivity contribution in [3.05, 3.63) is 51.8 Å². The number of hydrogen-bond donors (Lipinski definition) is 1. The smallest absolute Gasteiger partial charge is 0.302 e. The first-order valence-electron chi connectivity index (χ1n) is 7.80. The number of aromatic nitrogens is 2. The fraction of sp³-hybridized carbons (Fsp3) is 0.333. The number of carbonyl (C=O) groups excluding carboxylic acids is 1. The van der Waals surface area contributed by atoms with Gasteiger partial charge < -0.3 is 9.72 Å². The summed E-state index contributed by atoms with van der Waals surface area (Å²) in [7, 11) is 0. The third kappa shape index (κ3) is 2.74. The minimum Gasteiger partial charge on any atom is -0.462 e. The molecule has 1 unspecified atom stereocenters. The van der Waals surface area contributed by atoms with Crippen LogP contribution in [0.5, 0.6) is 0 Å². The quantitative estimate of drug-likeness (QED) is 0.753. The highest BCUT2D eigenvalue weighted by atomic mass is 16.5. The zero-order valence-corrected chi connectivity index (χ0v) is 13.6. The number of para-hydroxylation sites is 2. The molecule has 0 amide bonds. The largest absolute Gasteiger partial charge is 0.462 e. The van der Waals surface area contributed by atoms with E-state index in [4.69, 9.17) is 4.74 Å². The van der Waals surface area contributed by atoms with Crippen LogP contribution >= 0.6 is 0 Å². The predicted octanol–water partition coefficient (Wildman–Crippen LogP) is 2.97. The van der Waals surface area contributed by atoms with Gasteiger partial charge in [0.1, 0.15) is 11.8 Å². The number of fused-ring (bicyclic) bond motifs is 3. The van der Waals surface area contributed by atoms with Crippen molar-refractivity contribution in [2.75, 3.05) is 0 Å². The molecule has 1 atom stereocenters. The van der Waals surface area contributed by atoms with Gasteiger partial charge >= 0.3 is 5.97 Å². The van der Waals surface area contributed by atoms with Crippen LogP contribution in [-0.4, -0.2) is 21.5 Å². The molecule has 0 fully saturated rings. The second kappa shape index (κ2) is 5.91. The summed E-state index contributed by atoms with van der Waals surface area (Å²) in [5.74, 6) is -0.317. The number of esters is 1. The topological polar surface area (TPSA) is 63.6 Å². The van der Waals surface area contributed by atoms with Gasteiger partial charge in [-0.15, -0.1) is 0 Å². The first-order valence-corrected chi connectivity index (χ1v) is 7.80. The van der Waals surface area contributed by atoms with Crippen LogP contribution in [-0.2, 0) is 16.0 Å². The van der Waals surface area contributed by atoms with Gasteiger partial charge in [0.2, 0.25) is 0 Å². The van der Waals surface area contributed by atoms with Gasteiger partial charge in [-0.2, -0.15) is 0 Å². The van der Waals surface area contributed by atoms with Crippen molar-refractivity contribution in [1.82, 2.24) is 9.38 Å². The minimum absolute atomic E-state index is 0.0527. The second-order valence-electron chi connectivity index (χ2n) is 5.82. The van der Waals surface area contributed by atoms with Crippen molar-refractivity contribution < 1.29 is 9.53 Å². The van der Waals surface area contributed by atoms with E-state index in [9.17, 15) is 9.59 Å². The summed E-state index contributed by atoms with van der Waals surface area (Å²) in [5, 5.41) is 0. The number of benzene rings is 1. The number of ether oxygens (including phenoxy) is 1. The molecule has 0 aliphatic heterocycles. The number of hydrogen-bond acceptors (Lipinski definition) is 3. The summed E-state index contributed by atoms with van der Waals surface area (Å²) in [6.45, 7) is 5.26. The minimum atomic E-state index is -0.317. The zero-order valence-electron chi connectivity index (χ0n) is 13.6. The Balaban J connectivity index is 2.15. The molecule has 0 aliphatic rings. The fourth-order valence-corrected chi connectivity index (χ4v) is 2.99. The summed E-state index contributed by atoms with van der Waals surface area (Å²) in [6.07, 6.45) is 0.834. The van der Waals surface area contributed by atoms with E-state index in [2.05, 4.69) is 4.98 Å². The summed E-state index contributed by atoms with van der Waals surface area (Å²) in [4.78, 5) is 27.4. The number of imidazole rings is 1. The van der Waals surface area contributed by atoms with Crippen molar-refractivity contribution in [3.8, 4) is 0 Å². The van der Waals surface area contributed by atoms with Crippen molar-refractivity contribution >= 4 is 22.6 Å². The normalized spacial score (nSPS) is 12.7. The Bertz CT molecular complexity index is 936. The number of pyridine rings is 1. The maximum Gasteiger partial charge on any atom is 0.302 e. The molecule has 5 nitrogen and oxygen atoms in total. The monoisotopic (exact) mass is 312 g/mol. The first-order chi connectivity index (χ1) is 11.0. The molecule has 0 aliphatic carbocycles. The molecule has 0 radical (unpaired) electrons. The summed E-state index contributed by atoms with van der Waals surface area (Å²) >= 11 is 0. The first kappa shape index (κ1) is 15.3. The Kier molecular flexibility index (Phi) is 3.94. The lowest BCUT2D eigenvalue weighted by molar-refractivity contribution is -0.146. The molecule has 5 heteroatoms. The molecule has 1 aromatic carbocycles. The number of H-pyrrole nitrogens is 1. The highest BCUT2D eigenvalue weighted by Gasteiger charge is 2.17. The molecule has 0 saturated carbocycles. The third-order valence-electron chi connectivity index (χ3n) is 4.16. The standard InChI is InChI=1S/C18H20N2O3/c1-4-13(23-12(3)21)10-14-11(2)9-17-19-15-7-5-6-8-16(15)20(17)18(14)22/h5-9,13,19H,4,10H2,1-3H3. The zero-order chi connectivity index (χ0) is 16.6. The van der Waals surface area contributed by atoms with E-state index in [-0.39, 0.29) is 17.6 Å². The van der Waals surface area contributed by atoms with Crippen LogP contribution in [0.4, 0.5) is 0 Å². The summed E-state index contributed by atoms with van der Waals surface area (Å²) in [6, 6.07) is 9.68. The summed E-state index contributed by atoms with van der Waals surface area (Å²) in [5.41, 5.74) is 4.11. The van der Waals surface area contributed by atoms with E-state index in [1.54, 1.807) is 4.40 Å². The summed E-state index contributed by atoms with van der Waals surface area (Å²) < 4.78 is 6.99. The number of nitrogens with zero attached hydrogens (tertiary/aromatic N) is 1. The molecule has 3 rings (SSSR count). The Morgan fingerprint density at radius 3 is 2.78 bits per heavy atom. The Labute approximate surface area is 133 Å². The molecular formula is C18H20N2O3. The van der Waals surface area contributed by atoms with Gasteiger partial charge in [-0.25, -0.2) is 0 Å². The van der Waals surface area contributed by atoms with Crippen LogP contribution in [0.15, 0.2) is 35.1 Å². The molecule has 3 aromatic rings. The average Bonchev–Trinajstić information content (AvgIpc) is 2.87. The predicted molar refractivity (Wildman–Crippen MR) is 89.8 cm³/mol. The van der Waals surface area contributed by atoms with Gasteiger partial charge in [0.15, 0.2) is 0 Å². The van der Waals surface area contributed by atoms with E-state index in [1.807, 2.05) is 44.2 Å². The van der Waals surface area contributed by atoms with Crippen molar-refractivity contribution in [3.63, 3.8) is 0 Å². The molecule has 2 heterocycles.